The van der Waals surface area contributed by atoms with Gasteiger partial charge < -0.3 is 15.5 Å². The highest BCUT2D eigenvalue weighted by Crippen LogP contribution is 2.22. The van der Waals surface area contributed by atoms with E-state index < -0.39 is 23.9 Å². The number of carboxylic acid groups (broad SMARTS) is 2. The Morgan fingerprint density at radius 1 is 1.11 bits per heavy atom. The first-order chi connectivity index (χ1) is 13.2. The molecular weight excluding hydrogens is 376 g/mol. The minimum absolute atomic E-state index is 0.0335. The lowest BCUT2D eigenvalue weighted by atomic mass is 10.0. The predicted octanol–water partition coefficient (Wildman–Crippen LogP) is 3.61. The lowest BCUT2D eigenvalue weighted by molar-refractivity contribution is -0.142. The van der Waals surface area contributed by atoms with Crippen molar-refractivity contribution in [3.8, 4) is 0 Å². The highest BCUT2D eigenvalue weighted by Gasteiger charge is 2.26. The Morgan fingerprint density at radius 2 is 1.75 bits per heavy atom. The number of aromatic nitrogens is 1. The van der Waals surface area contributed by atoms with Gasteiger partial charge in [0.2, 0.25) is 0 Å². The van der Waals surface area contributed by atoms with Crippen molar-refractivity contribution in [1.82, 2.24) is 10.3 Å². The van der Waals surface area contributed by atoms with E-state index in [4.69, 9.17) is 0 Å². The summed E-state index contributed by atoms with van der Waals surface area (Å²) < 4.78 is 0. The molecule has 152 valence electrons. The monoisotopic (exact) mass is 404 g/mol. The minimum Gasteiger partial charge on any atom is -0.481 e. The Morgan fingerprint density at radius 3 is 2.29 bits per heavy atom. The molecule has 6 nitrogen and oxygen atoms in total. The number of rotatable bonds is 10. The van der Waals surface area contributed by atoms with Crippen LogP contribution in [0, 0.1) is 19.8 Å². The second-order valence-electron chi connectivity index (χ2n) is 7.66. The van der Waals surface area contributed by atoms with E-state index in [0.29, 0.717) is 18.5 Å². The molecule has 0 spiro atoms. The fraction of sp³-hybridized carbons (Fsp3) is 0.476. The average Bonchev–Trinajstić information content (AvgIpc) is 3.00. The number of thiazole rings is 1. The predicted molar refractivity (Wildman–Crippen MR) is 110 cm³/mol. The summed E-state index contributed by atoms with van der Waals surface area (Å²) in [6, 6.07) is 5.55. The van der Waals surface area contributed by atoms with Gasteiger partial charge in [-0.05, 0) is 31.7 Å². The third-order valence-electron chi connectivity index (χ3n) is 4.44. The third kappa shape index (κ3) is 6.42. The first-order valence-electron chi connectivity index (χ1n) is 9.36. The topological polar surface area (TPSA) is 99.5 Å². The quantitative estimate of drug-likeness (QED) is 0.559. The van der Waals surface area contributed by atoms with E-state index in [1.54, 1.807) is 5.38 Å². The SMILES string of the molecule is Cc1cc(C)cc(Cc2nc(C(CNC(CC(C)C)C(=O)O)C(=O)O)cs2)c1. The Hall–Kier alpha value is -2.25. The zero-order valence-electron chi connectivity index (χ0n) is 16.7. The van der Waals surface area contributed by atoms with E-state index in [1.807, 2.05) is 27.7 Å². The van der Waals surface area contributed by atoms with E-state index in [-0.39, 0.29) is 12.5 Å². The van der Waals surface area contributed by atoms with Gasteiger partial charge in [-0.25, -0.2) is 4.98 Å². The summed E-state index contributed by atoms with van der Waals surface area (Å²) in [4.78, 5) is 27.7. The molecule has 0 fully saturated rings. The van der Waals surface area contributed by atoms with Crippen LogP contribution in [0.3, 0.4) is 0 Å². The number of carbonyl (C=O) groups is 2. The Labute approximate surface area is 169 Å². The number of hydrogen-bond acceptors (Lipinski definition) is 5. The summed E-state index contributed by atoms with van der Waals surface area (Å²) in [6.45, 7) is 8.00. The molecule has 0 saturated carbocycles. The summed E-state index contributed by atoms with van der Waals surface area (Å²) in [5, 5.41) is 24.4. The molecule has 0 amide bonds. The fourth-order valence-corrected chi connectivity index (χ4v) is 4.12. The van der Waals surface area contributed by atoms with Gasteiger partial charge in [0, 0.05) is 18.3 Å². The second-order valence-corrected chi connectivity index (χ2v) is 8.60. The number of carboxylic acids is 2. The molecule has 0 saturated heterocycles. The van der Waals surface area contributed by atoms with Crippen molar-refractivity contribution in [2.75, 3.05) is 6.54 Å². The molecule has 3 N–H and O–H groups in total. The lowest BCUT2D eigenvalue weighted by Crippen LogP contribution is -2.41. The molecule has 1 aromatic heterocycles. The van der Waals surface area contributed by atoms with Crippen LogP contribution >= 0.6 is 11.3 Å². The Kier molecular flexibility index (Phi) is 7.71. The van der Waals surface area contributed by atoms with Crippen molar-refractivity contribution in [2.24, 2.45) is 5.92 Å². The van der Waals surface area contributed by atoms with Crippen LogP contribution in [0.15, 0.2) is 23.6 Å². The van der Waals surface area contributed by atoms with Crippen molar-refractivity contribution in [3.05, 3.63) is 51.0 Å². The summed E-state index contributed by atoms with van der Waals surface area (Å²) in [5.74, 6) is -2.66. The zero-order chi connectivity index (χ0) is 20.8. The molecule has 0 bridgehead atoms. The first kappa shape index (κ1) is 22.0. The standard InChI is InChI=1S/C21H28N2O4S/c1-12(2)5-17(21(26)27)22-10-16(20(24)25)18-11-28-19(23-18)9-15-7-13(3)6-14(4)8-15/h6-8,11-12,16-17,22H,5,9-10H2,1-4H3,(H,24,25)(H,26,27). The highest BCUT2D eigenvalue weighted by atomic mass is 32.1. The maximum atomic E-state index is 11.7. The molecule has 0 aliphatic heterocycles. The van der Waals surface area contributed by atoms with Crippen LogP contribution in [0.4, 0.5) is 0 Å². The van der Waals surface area contributed by atoms with Crippen LogP contribution in [0.5, 0.6) is 0 Å². The van der Waals surface area contributed by atoms with Crippen molar-refractivity contribution >= 4 is 23.3 Å². The molecule has 2 atom stereocenters. The van der Waals surface area contributed by atoms with Crippen molar-refractivity contribution in [3.63, 3.8) is 0 Å². The fourth-order valence-electron chi connectivity index (χ4n) is 3.23. The summed E-state index contributed by atoms with van der Waals surface area (Å²) in [6.07, 6.45) is 1.09. The van der Waals surface area contributed by atoms with Gasteiger partial charge in [0.15, 0.2) is 0 Å². The van der Waals surface area contributed by atoms with Crippen LogP contribution in [0.2, 0.25) is 0 Å². The second kappa shape index (κ2) is 9.80. The van der Waals surface area contributed by atoms with Gasteiger partial charge >= 0.3 is 11.9 Å². The minimum atomic E-state index is -1.01. The Bertz CT molecular complexity index is 811. The number of aliphatic carboxylic acids is 2. The van der Waals surface area contributed by atoms with Gasteiger partial charge in [0.1, 0.15) is 12.0 Å². The Balaban J connectivity index is 2.10. The van der Waals surface area contributed by atoms with Crippen LogP contribution in [-0.2, 0) is 16.0 Å². The molecule has 1 aromatic carbocycles. The maximum Gasteiger partial charge on any atom is 0.320 e. The molecule has 2 aromatic rings. The van der Waals surface area contributed by atoms with E-state index >= 15 is 0 Å². The molecule has 0 aliphatic carbocycles. The molecule has 0 aliphatic rings. The smallest absolute Gasteiger partial charge is 0.320 e. The number of nitrogens with zero attached hydrogens (tertiary/aromatic N) is 1. The molecule has 0 radical (unpaired) electrons. The van der Waals surface area contributed by atoms with Gasteiger partial charge in [-0.3, -0.25) is 9.59 Å². The number of hydrogen-bond donors (Lipinski definition) is 3. The number of benzene rings is 1. The molecular formula is C21H28N2O4S. The molecule has 1 heterocycles. The summed E-state index contributed by atoms with van der Waals surface area (Å²) in [5.41, 5.74) is 3.98. The highest BCUT2D eigenvalue weighted by molar-refractivity contribution is 7.09. The van der Waals surface area contributed by atoms with Gasteiger partial charge in [0.25, 0.3) is 0 Å². The van der Waals surface area contributed by atoms with Crippen molar-refractivity contribution < 1.29 is 19.8 Å². The summed E-state index contributed by atoms with van der Waals surface area (Å²) >= 11 is 1.43. The molecule has 28 heavy (non-hydrogen) atoms. The van der Waals surface area contributed by atoms with Crippen LogP contribution in [0.1, 0.15) is 53.6 Å². The average molecular weight is 405 g/mol. The summed E-state index contributed by atoms with van der Waals surface area (Å²) in [7, 11) is 0. The van der Waals surface area contributed by atoms with Gasteiger partial charge in [-0.1, -0.05) is 43.2 Å². The number of nitrogens with one attached hydrogen (secondary N) is 1. The molecule has 2 unspecified atom stereocenters. The van der Waals surface area contributed by atoms with Crippen LogP contribution in [-0.4, -0.2) is 39.7 Å². The van der Waals surface area contributed by atoms with Crippen LogP contribution in [0.25, 0.3) is 0 Å². The maximum absolute atomic E-state index is 11.7. The molecule has 2 rings (SSSR count). The van der Waals surface area contributed by atoms with Gasteiger partial charge in [-0.15, -0.1) is 11.3 Å². The van der Waals surface area contributed by atoms with E-state index in [0.717, 1.165) is 10.6 Å². The number of aryl methyl sites for hydroxylation is 2. The third-order valence-corrected chi connectivity index (χ3v) is 5.30. The van der Waals surface area contributed by atoms with Crippen molar-refractivity contribution in [1.29, 1.82) is 0 Å². The van der Waals surface area contributed by atoms with Gasteiger partial charge in [0.05, 0.1) is 10.7 Å². The largest absolute Gasteiger partial charge is 0.481 e. The normalized spacial score (nSPS) is 13.5. The van der Waals surface area contributed by atoms with Crippen molar-refractivity contribution in [2.45, 2.75) is 52.5 Å². The molecule has 7 heteroatoms. The van der Waals surface area contributed by atoms with Gasteiger partial charge in [-0.2, -0.15) is 0 Å². The van der Waals surface area contributed by atoms with Crippen LogP contribution < -0.4 is 5.32 Å². The van der Waals surface area contributed by atoms with E-state index in [1.165, 1.54) is 22.5 Å². The zero-order valence-corrected chi connectivity index (χ0v) is 17.5. The first-order valence-corrected chi connectivity index (χ1v) is 10.2. The van der Waals surface area contributed by atoms with E-state index in [2.05, 4.69) is 28.5 Å². The lowest BCUT2D eigenvalue weighted by Gasteiger charge is -2.18. The van der Waals surface area contributed by atoms with E-state index in [9.17, 15) is 19.8 Å².